The van der Waals surface area contributed by atoms with E-state index in [9.17, 15) is 24.0 Å². The van der Waals surface area contributed by atoms with Crippen molar-refractivity contribution in [2.45, 2.75) is 31.3 Å². The highest BCUT2D eigenvalue weighted by Gasteiger charge is 2.70. The first kappa shape index (κ1) is 23.0. The average molecular weight is 496 g/mol. The molecule has 0 unspecified atom stereocenters. The van der Waals surface area contributed by atoms with E-state index in [4.69, 9.17) is 23.1 Å². The highest BCUT2D eigenvalue weighted by molar-refractivity contribution is 6.32. The minimum absolute atomic E-state index is 0.0279. The molecule has 2 fully saturated rings. The summed E-state index contributed by atoms with van der Waals surface area (Å²) in [7, 11) is 0. The summed E-state index contributed by atoms with van der Waals surface area (Å²) in [5, 5.41) is 6.53. The fourth-order valence-electron chi connectivity index (χ4n) is 5.57. The lowest BCUT2D eigenvalue weighted by Crippen LogP contribution is -2.53. The van der Waals surface area contributed by atoms with Crippen LogP contribution in [-0.4, -0.2) is 35.6 Å². The van der Waals surface area contributed by atoms with Gasteiger partial charge in [-0.05, 0) is 49.2 Å². The quantitative estimate of drug-likeness (QED) is 0.450. The van der Waals surface area contributed by atoms with Crippen molar-refractivity contribution in [2.75, 3.05) is 10.2 Å². The van der Waals surface area contributed by atoms with Gasteiger partial charge in [0.15, 0.2) is 0 Å². The highest BCUT2D eigenvalue weighted by atomic mass is 35.5. The summed E-state index contributed by atoms with van der Waals surface area (Å²) < 4.78 is 0. The van der Waals surface area contributed by atoms with Gasteiger partial charge >= 0.3 is 0 Å². The second-order valence-electron chi connectivity index (χ2n) is 9.04. The summed E-state index contributed by atoms with van der Waals surface area (Å²) in [5.41, 5.74) is 11.3. The zero-order valence-corrected chi connectivity index (χ0v) is 19.4. The van der Waals surface area contributed by atoms with Crippen molar-refractivity contribution < 1.29 is 24.0 Å². The third kappa shape index (κ3) is 3.17. The summed E-state index contributed by atoms with van der Waals surface area (Å²) in [5.74, 6) is -4.71. The van der Waals surface area contributed by atoms with Crippen LogP contribution in [0.2, 0.25) is 5.02 Å². The van der Waals surface area contributed by atoms with Crippen LogP contribution in [0.25, 0.3) is 0 Å². The normalized spacial score (nSPS) is 26.7. The van der Waals surface area contributed by atoms with Crippen LogP contribution in [0.15, 0.2) is 36.4 Å². The molecule has 11 heteroatoms. The van der Waals surface area contributed by atoms with Crippen LogP contribution in [0.3, 0.4) is 0 Å². The standard InChI is InChI=1S/C24H22ClN5O5/c1-10-14(25)7-6-13-19(10)28-23(35)24(13)18-17(15(29-24)8-9-16(26)31)21(33)30(22(18)34)12-4-2-11(3-5-12)20(27)32/h2-7,15,17-18,29H,8-9H2,1H3,(H2,26,31)(H2,27,32)(H,28,35)/t15-,17+,18+,24-/m0/s1. The van der Waals surface area contributed by atoms with Crippen molar-refractivity contribution in [1.82, 2.24) is 5.32 Å². The number of hydrogen-bond donors (Lipinski definition) is 4. The van der Waals surface area contributed by atoms with Crippen LogP contribution in [0, 0.1) is 18.8 Å². The number of nitrogens with one attached hydrogen (secondary N) is 2. The van der Waals surface area contributed by atoms with Gasteiger partial charge in [0.2, 0.25) is 29.5 Å². The zero-order chi connectivity index (χ0) is 25.2. The van der Waals surface area contributed by atoms with Gasteiger partial charge in [0.25, 0.3) is 0 Å². The molecule has 3 aliphatic heterocycles. The van der Waals surface area contributed by atoms with E-state index in [2.05, 4.69) is 10.6 Å². The number of benzene rings is 2. The molecule has 2 saturated heterocycles. The maximum absolute atomic E-state index is 13.8. The van der Waals surface area contributed by atoms with Gasteiger partial charge in [-0.25, -0.2) is 4.90 Å². The largest absolute Gasteiger partial charge is 0.370 e. The Balaban J connectivity index is 1.63. The average Bonchev–Trinajstić information content (AvgIpc) is 3.40. The van der Waals surface area contributed by atoms with Gasteiger partial charge in [-0.2, -0.15) is 0 Å². The third-order valence-electron chi connectivity index (χ3n) is 7.20. The zero-order valence-electron chi connectivity index (χ0n) is 18.6. The molecule has 2 aromatic rings. The molecule has 1 spiro atoms. The highest BCUT2D eigenvalue weighted by Crippen LogP contribution is 2.55. The van der Waals surface area contributed by atoms with Gasteiger partial charge in [0.1, 0.15) is 5.54 Å². The number of carbonyl (C=O) groups is 5. The van der Waals surface area contributed by atoms with Crippen LogP contribution in [0.1, 0.15) is 34.3 Å². The molecule has 0 radical (unpaired) electrons. The van der Waals surface area contributed by atoms with E-state index in [0.29, 0.717) is 21.8 Å². The van der Waals surface area contributed by atoms with Crippen molar-refractivity contribution in [2.24, 2.45) is 23.3 Å². The van der Waals surface area contributed by atoms with E-state index in [0.717, 1.165) is 4.90 Å². The van der Waals surface area contributed by atoms with Gasteiger partial charge < -0.3 is 16.8 Å². The number of rotatable bonds is 5. The molecule has 3 heterocycles. The molecule has 0 bridgehead atoms. The van der Waals surface area contributed by atoms with Crippen molar-refractivity contribution in [1.29, 1.82) is 0 Å². The Bertz CT molecular complexity index is 1330. The number of nitrogens with two attached hydrogens (primary N) is 2. The van der Waals surface area contributed by atoms with Crippen LogP contribution < -0.4 is 27.0 Å². The lowest BCUT2D eigenvalue weighted by Gasteiger charge is -2.29. The Morgan fingerprint density at radius 2 is 1.74 bits per heavy atom. The van der Waals surface area contributed by atoms with E-state index in [1.807, 2.05) is 0 Å². The van der Waals surface area contributed by atoms with Crippen LogP contribution >= 0.6 is 11.6 Å². The second-order valence-corrected chi connectivity index (χ2v) is 9.45. The number of halogens is 1. The number of primary amides is 2. The molecular formula is C24H22ClN5O5. The Labute approximate surface area is 205 Å². The number of fused-ring (bicyclic) bond motifs is 4. The van der Waals surface area contributed by atoms with Crippen molar-refractivity contribution in [3.8, 4) is 0 Å². The van der Waals surface area contributed by atoms with Gasteiger partial charge in [-0.1, -0.05) is 17.7 Å². The first-order valence-electron chi connectivity index (χ1n) is 11.0. The van der Waals surface area contributed by atoms with Gasteiger partial charge in [0, 0.05) is 28.6 Å². The molecular weight excluding hydrogens is 474 g/mol. The smallest absolute Gasteiger partial charge is 0.250 e. The SMILES string of the molecule is Cc1c(Cl)ccc2c1NC(=O)[C@]21N[C@@H](CCC(N)=O)[C@H]2C(=O)N(c3ccc(C(N)=O)cc3)C(=O)[C@@H]21. The van der Waals surface area contributed by atoms with E-state index in [-0.39, 0.29) is 24.1 Å². The van der Waals surface area contributed by atoms with Crippen molar-refractivity contribution in [3.05, 3.63) is 58.1 Å². The van der Waals surface area contributed by atoms with Gasteiger partial charge in [-0.3, -0.25) is 29.3 Å². The Morgan fingerprint density at radius 3 is 2.37 bits per heavy atom. The Hall–Kier alpha value is -3.76. The molecule has 5 amide bonds. The minimum atomic E-state index is -1.52. The van der Waals surface area contributed by atoms with E-state index < -0.39 is 53.0 Å². The molecule has 2 aromatic carbocycles. The lowest BCUT2D eigenvalue weighted by atomic mass is 9.76. The molecule has 5 rings (SSSR count). The van der Waals surface area contributed by atoms with Gasteiger partial charge in [0.05, 0.1) is 23.2 Å². The molecule has 6 N–H and O–H groups in total. The first-order chi connectivity index (χ1) is 16.6. The van der Waals surface area contributed by atoms with E-state index in [1.165, 1.54) is 24.3 Å². The van der Waals surface area contributed by atoms with Crippen molar-refractivity contribution >= 4 is 52.5 Å². The molecule has 10 nitrogen and oxygen atoms in total. The number of hydrogen-bond acceptors (Lipinski definition) is 6. The Kier molecular flexibility index (Phi) is 5.19. The summed E-state index contributed by atoms with van der Waals surface area (Å²) in [6, 6.07) is 8.43. The molecule has 0 aromatic heterocycles. The lowest BCUT2D eigenvalue weighted by molar-refractivity contribution is -0.130. The molecule has 0 aliphatic carbocycles. The number of nitrogens with zero attached hydrogens (tertiary/aromatic N) is 1. The monoisotopic (exact) mass is 495 g/mol. The molecule has 35 heavy (non-hydrogen) atoms. The predicted molar refractivity (Wildman–Crippen MR) is 126 cm³/mol. The maximum Gasteiger partial charge on any atom is 0.250 e. The number of imide groups is 1. The summed E-state index contributed by atoms with van der Waals surface area (Å²) >= 11 is 6.26. The Morgan fingerprint density at radius 1 is 1.06 bits per heavy atom. The van der Waals surface area contributed by atoms with E-state index >= 15 is 0 Å². The molecule has 0 saturated carbocycles. The predicted octanol–water partition coefficient (Wildman–Crippen LogP) is 0.938. The van der Waals surface area contributed by atoms with Crippen molar-refractivity contribution in [3.63, 3.8) is 0 Å². The minimum Gasteiger partial charge on any atom is -0.370 e. The molecule has 180 valence electrons. The van der Waals surface area contributed by atoms with Crippen LogP contribution in [0.4, 0.5) is 11.4 Å². The topological polar surface area (TPSA) is 165 Å². The van der Waals surface area contributed by atoms with Gasteiger partial charge in [-0.15, -0.1) is 0 Å². The van der Waals surface area contributed by atoms with E-state index in [1.54, 1.807) is 19.1 Å². The fourth-order valence-corrected chi connectivity index (χ4v) is 5.72. The van der Waals surface area contributed by atoms with Crippen LogP contribution in [0.5, 0.6) is 0 Å². The number of carbonyl (C=O) groups excluding carboxylic acids is 5. The first-order valence-corrected chi connectivity index (χ1v) is 11.4. The maximum atomic E-state index is 13.8. The molecule has 4 atom stereocenters. The fraction of sp³-hybridized carbons (Fsp3) is 0.292. The second kappa shape index (κ2) is 7.89. The number of anilines is 2. The van der Waals surface area contributed by atoms with Crippen LogP contribution in [-0.2, 0) is 24.7 Å². The third-order valence-corrected chi connectivity index (χ3v) is 7.61. The summed E-state index contributed by atoms with van der Waals surface area (Å²) in [6.45, 7) is 1.76. The molecule has 3 aliphatic rings. The summed E-state index contributed by atoms with van der Waals surface area (Å²) in [4.78, 5) is 65.0. The summed E-state index contributed by atoms with van der Waals surface area (Å²) in [6.07, 6.45) is 0.140. The number of amides is 5.